The molecule has 1 aliphatic rings. The van der Waals surface area contributed by atoms with Gasteiger partial charge in [-0.15, -0.1) is 0 Å². The van der Waals surface area contributed by atoms with Crippen LogP contribution in [0.3, 0.4) is 0 Å². The molecule has 1 heterocycles. The van der Waals surface area contributed by atoms with Crippen LogP contribution in [-0.4, -0.2) is 20.3 Å². The molecule has 0 amide bonds. The zero-order valence-corrected chi connectivity index (χ0v) is 8.74. The van der Waals surface area contributed by atoms with Crippen LogP contribution in [0.15, 0.2) is 6.33 Å². The molecule has 4 nitrogen and oxygen atoms in total. The lowest BCUT2D eigenvalue weighted by molar-refractivity contribution is 0.287. The average Bonchev–Trinajstić information content (AvgIpc) is 2.52. The highest BCUT2D eigenvalue weighted by atomic mass is 15.3. The van der Waals surface area contributed by atoms with Gasteiger partial charge >= 0.3 is 0 Å². The molecule has 0 atom stereocenters. The van der Waals surface area contributed by atoms with E-state index in [1.165, 1.54) is 19.3 Å². The van der Waals surface area contributed by atoms with E-state index in [0.29, 0.717) is 0 Å². The third-order valence-electron chi connectivity index (χ3n) is 3.16. The van der Waals surface area contributed by atoms with E-state index in [0.717, 1.165) is 25.1 Å². The predicted molar refractivity (Wildman–Crippen MR) is 54.7 cm³/mol. The van der Waals surface area contributed by atoms with Gasteiger partial charge < -0.3 is 5.73 Å². The highest BCUT2D eigenvalue weighted by molar-refractivity contribution is 4.98. The molecule has 1 aromatic heterocycles. The molecule has 0 aromatic carbocycles. The number of hydrogen-bond acceptors (Lipinski definition) is 3. The first-order valence-corrected chi connectivity index (χ1v) is 5.31. The maximum atomic E-state index is 6.34. The predicted octanol–water partition coefficient (Wildman–Crippen LogP) is 1.02. The summed E-state index contributed by atoms with van der Waals surface area (Å²) in [6.07, 6.45) is 8.56. The van der Waals surface area contributed by atoms with E-state index in [1.54, 1.807) is 6.33 Å². The normalized spacial score (nSPS) is 21.0. The molecule has 1 aliphatic carbocycles. The molecule has 1 fully saturated rings. The van der Waals surface area contributed by atoms with E-state index in [9.17, 15) is 0 Å². The minimum atomic E-state index is -0.0287. The van der Waals surface area contributed by atoms with Crippen LogP contribution in [0.1, 0.15) is 37.9 Å². The fraction of sp³-hybridized carbons (Fsp3) is 0.800. The molecule has 0 unspecified atom stereocenters. The van der Waals surface area contributed by atoms with Gasteiger partial charge in [0.05, 0.1) is 0 Å². The van der Waals surface area contributed by atoms with Gasteiger partial charge in [-0.1, -0.05) is 19.3 Å². The zero-order valence-electron chi connectivity index (χ0n) is 8.74. The first kappa shape index (κ1) is 9.65. The summed E-state index contributed by atoms with van der Waals surface area (Å²) >= 11 is 0. The summed E-state index contributed by atoms with van der Waals surface area (Å²) < 4.78 is 1.82. The fourth-order valence-corrected chi connectivity index (χ4v) is 2.23. The smallest absolute Gasteiger partial charge is 0.138 e. The van der Waals surface area contributed by atoms with Gasteiger partial charge in [0.25, 0.3) is 0 Å². The Balaban J connectivity index is 2.05. The molecule has 14 heavy (non-hydrogen) atoms. The second-order valence-corrected chi connectivity index (χ2v) is 4.40. The van der Waals surface area contributed by atoms with Crippen molar-refractivity contribution in [2.45, 2.75) is 44.1 Å². The second-order valence-electron chi connectivity index (χ2n) is 4.40. The number of nitrogens with zero attached hydrogens (tertiary/aromatic N) is 3. The first-order chi connectivity index (χ1) is 6.70. The molecule has 1 saturated carbocycles. The van der Waals surface area contributed by atoms with Gasteiger partial charge in [0, 0.05) is 19.0 Å². The molecule has 0 aliphatic heterocycles. The van der Waals surface area contributed by atoms with Gasteiger partial charge in [0.2, 0.25) is 0 Å². The fourth-order valence-electron chi connectivity index (χ4n) is 2.23. The van der Waals surface area contributed by atoms with E-state index in [1.807, 2.05) is 11.7 Å². The van der Waals surface area contributed by atoms with Crippen LogP contribution in [0.2, 0.25) is 0 Å². The maximum absolute atomic E-state index is 6.34. The molecule has 0 radical (unpaired) electrons. The highest BCUT2D eigenvalue weighted by Crippen LogP contribution is 2.28. The van der Waals surface area contributed by atoms with Gasteiger partial charge in [-0.25, -0.2) is 4.98 Å². The molecule has 0 spiro atoms. The number of aromatic nitrogens is 3. The summed E-state index contributed by atoms with van der Waals surface area (Å²) in [4.78, 5) is 4.23. The Bertz CT molecular complexity index is 299. The molecule has 4 heteroatoms. The Morgan fingerprint density at radius 2 is 2.14 bits per heavy atom. The Kier molecular flexibility index (Phi) is 2.54. The largest absolute Gasteiger partial charge is 0.325 e. The maximum Gasteiger partial charge on any atom is 0.138 e. The summed E-state index contributed by atoms with van der Waals surface area (Å²) in [5, 5.41) is 4.06. The van der Waals surface area contributed by atoms with Gasteiger partial charge in [0.15, 0.2) is 0 Å². The second kappa shape index (κ2) is 3.69. The van der Waals surface area contributed by atoms with Crippen LogP contribution < -0.4 is 5.73 Å². The van der Waals surface area contributed by atoms with Crippen LogP contribution in [0, 0.1) is 0 Å². The molecular formula is C10H18N4. The lowest BCUT2D eigenvalue weighted by Crippen LogP contribution is -2.44. The minimum Gasteiger partial charge on any atom is -0.325 e. The monoisotopic (exact) mass is 194 g/mol. The number of hydrogen-bond donors (Lipinski definition) is 1. The Hall–Kier alpha value is -0.900. The van der Waals surface area contributed by atoms with Gasteiger partial charge in [0.1, 0.15) is 12.2 Å². The standard InChI is InChI=1S/C10H18N4/c1-14-9(12-8-13-14)7-10(11)5-3-2-4-6-10/h8H,2-7,11H2,1H3. The Morgan fingerprint density at radius 3 is 2.71 bits per heavy atom. The average molecular weight is 194 g/mol. The van der Waals surface area contributed by atoms with Crippen molar-refractivity contribution in [1.82, 2.24) is 14.8 Å². The molecular weight excluding hydrogens is 176 g/mol. The van der Waals surface area contributed by atoms with Crippen molar-refractivity contribution in [3.63, 3.8) is 0 Å². The van der Waals surface area contributed by atoms with Crippen LogP contribution in [0.5, 0.6) is 0 Å². The van der Waals surface area contributed by atoms with Gasteiger partial charge in [-0.3, -0.25) is 4.68 Å². The molecule has 1 aromatic rings. The molecule has 2 rings (SSSR count). The van der Waals surface area contributed by atoms with Crippen molar-refractivity contribution in [1.29, 1.82) is 0 Å². The van der Waals surface area contributed by atoms with Crippen LogP contribution in [0.4, 0.5) is 0 Å². The van der Waals surface area contributed by atoms with E-state index < -0.39 is 0 Å². The SMILES string of the molecule is Cn1ncnc1CC1(N)CCCCC1. The van der Waals surface area contributed by atoms with Crippen molar-refractivity contribution in [3.05, 3.63) is 12.2 Å². The van der Waals surface area contributed by atoms with Gasteiger partial charge in [-0.2, -0.15) is 5.10 Å². The molecule has 78 valence electrons. The summed E-state index contributed by atoms with van der Waals surface area (Å²) in [7, 11) is 1.93. The molecule has 0 bridgehead atoms. The van der Waals surface area contributed by atoms with E-state index >= 15 is 0 Å². The summed E-state index contributed by atoms with van der Waals surface area (Å²) in [5.74, 6) is 1.01. The Labute approximate surface area is 84.5 Å². The van der Waals surface area contributed by atoms with E-state index in [-0.39, 0.29) is 5.54 Å². The lowest BCUT2D eigenvalue weighted by Gasteiger charge is -2.32. The third kappa shape index (κ3) is 1.95. The minimum absolute atomic E-state index is 0.0287. The lowest BCUT2D eigenvalue weighted by atomic mass is 9.80. The number of aryl methyl sites for hydroxylation is 1. The molecule has 0 saturated heterocycles. The highest BCUT2D eigenvalue weighted by Gasteiger charge is 2.28. The third-order valence-corrected chi connectivity index (χ3v) is 3.16. The zero-order chi connectivity index (χ0) is 10.0. The topological polar surface area (TPSA) is 56.7 Å². The summed E-state index contributed by atoms with van der Waals surface area (Å²) in [6, 6.07) is 0. The Morgan fingerprint density at radius 1 is 1.43 bits per heavy atom. The number of nitrogens with two attached hydrogens (primary N) is 1. The van der Waals surface area contributed by atoms with Crippen LogP contribution in [0.25, 0.3) is 0 Å². The van der Waals surface area contributed by atoms with Crippen molar-refractivity contribution in [3.8, 4) is 0 Å². The van der Waals surface area contributed by atoms with Crippen LogP contribution in [-0.2, 0) is 13.5 Å². The van der Waals surface area contributed by atoms with E-state index in [2.05, 4.69) is 10.1 Å². The van der Waals surface area contributed by atoms with Crippen molar-refractivity contribution in [2.24, 2.45) is 12.8 Å². The summed E-state index contributed by atoms with van der Waals surface area (Å²) in [6.45, 7) is 0. The quantitative estimate of drug-likeness (QED) is 0.764. The van der Waals surface area contributed by atoms with Crippen molar-refractivity contribution >= 4 is 0 Å². The van der Waals surface area contributed by atoms with E-state index in [4.69, 9.17) is 5.73 Å². The van der Waals surface area contributed by atoms with Crippen LogP contribution >= 0.6 is 0 Å². The molecule has 2 N–H and O–H groups in total. The van der Waals surface area contributed by atoms with Crippen molar-refractivity contribution in [2.75, 3.05) is 0 Å². The van der Waals surface area contributed by atoms with Crippen molar-refractivity contribution < 1.29 is 0 Å². The summed E-state index contributed by atoms with van der Waals surface area (Å²) in [5.41, 5.74) is 6.31. The number of rotatable bonds is 2. The van der Waals surface area contributed by atoms with Gasteiger partial charge in [-0.05, 0) is 12.8 Å². The first-order valence-electron chi connectivity index (χ1n) is 5.31.